The summed E-state index contributed by atoms with van der Waals surface area (Å²) in [6.07, 6.45) is 4.91. The smallest absolute Gasteiger partial charge is 0.258 e. The summed E-state index contributed by atoms with van der Waals surface area (Å²) in [6.45, 7) is 1.18. The molecule has 5 rings (SSSR count). The Morgan fingerprint density at radius 1 is 0.800 bits per heavy atom. The molecule has 2 aliphatic heterocycles. The number of hydrogen-bond acceptors (Lipinski definition) is 4. The highest BCUT2D eigenvalue weighted by molar-refractivity contribution is 6.28. The first-order valence-corrected chi connectivity index (χ1v) is 8.38. The Morgan fingerprint density at radius 2 is 1.52 bits per heavy atom. The minimum Gasteiger partial charge on any atom is -0.473 e. The molecule has 0 spiro atoms. The number of anilines is 2. The van der Waals surface area contributed by atoms with Crippen LogP contribution in [0.5, 0.6) is 5.75 Å². The van der Waals surface area contributed by atoms with Crippen LogP contribution in [0.4, 0.5) is 11.4 Å². The molecular formula is C20H16N2O3. The van der Waals surface area contributed by atoms with Gasteiger partial charge in [-0.2, -0.15) is 0 Å². The van der Waals surface area contributed by atoms with Crippen molar-refractivity contribution in [1.29, 1.82) is 0 Å². The van der Waals surface area contributed by atoms with E-state index in [9.17, 15) is 9.59 Å². The van der Waals surface area contributed by atoms with Crippen molar-refractivity contribution < 1.29 is 14.3 Å². The van der Waals surface area contributed by atoms with Crippen molar-refractivity contribution in [2.24, 2.45) is 0 Å². The largest absolute Gasteiger partial charge is 0.473 e. The molecule has 0 bridgehead atoms. The third kappa shape index (κ3) is 2.23. The second kappa shape index (κ2) is 5.21. The molecule has 0 N–H and O–H groups in total. The molecule has 1 aliphatic carbocycles. The zero-order valence-electron chi connectivity index (χ0n) is 13.6. The fourth-order valence-electron chi connectivity index (χ4n) is 3.57. The number of hydrogen-bond donors (Lipinski definition) is 0. The number of carbonyl (C=O) groups is 2. The summed E-state index contributed by atoms with van der Waals surface area (Å²) >= 11 is 0. The Kier molecular flexibility index (Phi) is 2.98. The first kappa shape index (κ1) is 14.3. The molecule has 2 aromatic carbocycles. The van der Waals surface area contributed by atoms with Gasteiger partial charge in [0.25, 0.3) is 11.8 Å². The highest BCUT2D eigenvalue weighted by atomic mass is 16.5. The monoisotopic (exact) mass is 332 g/mol. The van der Waals surface area contributed by atoms with Gasteiger partial charge in [-0.25, -0.2) is 4.90 Å². The van der Waals surface area contributed by atoms with E-state index in [2.05, 4.69) is 23.1 Å². The van der Waals surface area contributed by atoms with Gasteiger partial charge in [0.15, 0.2) is 6.73 Å². The van der Waals surface area contributed by atoms with Crippen LogP contribution in [0, 0.1) is 0 Å². The molecule has 2 heterocycles. The van der Waals surface area contributed by atoms with Gasteiger partial charge in [0.05, 0.1) is 5.69 Å². The van der Waals surface area contributed by atoms with Crippen LogP contribution in [0.25, 0.3) is 0 Å². The molecule has 5 nitrogen and oxygen atoms in total. The Balaban J connectivity index is 1.45. The summed E-state index contributed by atoms with van der Waals surface area (Å²) in [5.41, 5.74) is 5.55. The Morgan fingerprint density at radius 3 is 2.24 bits per heavy atom. The molecular weight excluding hydrogens is 316 g/mol. The molecule has 0 atom stereocenters. The summed E-state index contributed by atoms with van der Waals surface area (Å²) in [7, 11) is 0. The molecule has 0 saturated carbocycles. The van der Waals surface area contributed by atoms with Crippen molar-refractivity contribution in [3.8, 4) is 5.75 Å². The van der Waals surface area contributed by atoms with Gasteiger partial charge in [0.2, 0.25) is 0 Å². The minimum absolute atomic E-state index is 0.305. The predicted molar refractivity (Wildman–Crippen MR) is 93.6 cm³/mol. The normalized spacial score (nSPS) is 17.9. The number of benzene rings is 2. The number of carbonyl (C=O) groups excluding carboxylic acids is 2. The quantitative estimate of drug-likeness (QED) is 0.793. The summed E-state index contributed by atoms with van der Waals surface area (Å²) < 4.78 is 5.87. The molecule has 0 radical (unpaired) electrons. The standard InChI is InChI=1S/C20H16N2O3/c23-19-7-8-20(24)22(19)17-5-6-18-15(10-17)11-21(12-25-18)16-4-3-13-1-2-14(13)9-16/h3-10H,1-2,11-12H2. The van der Waals surface area contributed by atoms with Gasteiger partial charge >= 0.3 is 0 Å². The molecule has 2 aromatic rings. The summed E-state index contributed by atoms with van der Waals surface area (Å²) in [5.74, 6) is 0.192. The summed E-state index contributed by atoms with van der Waals surface area (Å²) in [4.78, 5) is 27.1. The van der Waals surface area contributed by atoms with E-state index < -0.39 is 0 Å². The average Bonchev–Trinajstić information content (AvgIpc) is 2.94. The second-order valence-electron chi connectivity index (χ2n) is 6.56. The number of rotatable bonds is 2. The van der Waals surface area contributed by atoms with Crippen LogP contribution in [0.2, 0.25) is 0 Å². The van der Waals surface area contributed by atoms with Crippen LogP contribution in [-0.4, -0.2) is 18.5 Å². The van der Waals surface area contributed by atoms with E-state index >= 15 is 0 Å². The second-order valence-corrected chi connectivity index (χ2v) is 6.56. The fourth-order valence-corrected chi connectivity index (χ4v) is 3.57. The van der Waals surface area contributed by atoms with Crippen molar-refractivity contribution in [2.45, 2.75) is 19.4 Å². The summed E-state index contributed by atoms with van der Waals surface area (Å²) in [5, 5.41) is 0. The van der Waals surface area contributed by atoms with Gasteiger partial charge < -0.3 is 9.64 Å². The topological polar surface area (TPSA) is 49.9 Å². The highest BCUT2D eigenvalue weighted by Crippen LogP contribution is 2.34. The lowest BCUT2D eigenvalue weighted by atomic mass is 9.88. The highest BCUT2D eigenvalue weighted by Gasteiger charge is 2.27. The lowest BCUT2D eigenvalue weighted by Crippen LogP contribution is -2.33. The number of nitrogens with zero attached hydrogens (tertiary/aromatic N) is 2. The van der Waals surface area contributed by atoms with E-state index in [1.54, 1.807) is 6.07 Å². The number of fused-ring (bicyclic) bond motifs is 2. The molecule has 124 valence electrons. The zero-order valence-corrected chi connectivity index (χ0v) is 13.6. The van der Waals surface area contributed by atoms with Crippen LogP contribution >= 0.6 is 0 Å². The predicted octanol–water partition coefficient (Wildman–Crippen LogP) is 2.57. The Bertz CT molecular complexity index is 930. The molecule has 0 saturated heterocycles. The zero-order chi connectivity index (χ0) is 17.0. The Hall–Kier alpha value is -3.08. The molecule has 2 amide bonds. The molecule has 5 heteroatoms. The lowest BCUT2D eigenvalue weighted by molar-refractivity contribution is -0.119. The summed E-state index contributed by atoms with van der Waals surface area (Å²) in [6, 6.07) is 12.0. The first-order chi connectivity index (χ1) is 12.2. The minimum atomic E-state index is -0.305. The molecule has 0 unspecified atom stereocenters. The van der Waals surface area contributed by atoms with E-state index in [-0.39, 0.29) is 11.8 Å². The van der Waals surface area contributed by atoms with Crippen LogP contribution in [0.3, 0.4) is 0 Å². The maximum atomic E-state index is 11.9. The Labute approximate surface area is 145 Å². The van der Waals surface area contributed by atoms with Gasteiger partial charge in [-0.05, 0) is 54.3 Å². The van der Waals surface area contributed by atoms with E-state index in [1.807, 2.05) is 12.1 Å². The van der Waals surface area contributed by atoms with Crippen molar-refractivity contribution in [2.75, 3.05) is 16.5 Å². The van der Waals surface area contributed by atoms with Gasteiger partial charge in [0, 0.05) is 29.9 Å². The van der Waals surface area contributed by atoms with E-state index in [0.29, 0.717) is 19.0 Å². The van der Waals surface area contributed by atoms with Gasteiger partial charge in [-0.1, -0.05) is 6.07 Å². The first-order valence-electron chi connectivity index (χ1n) is 8.38. The van der Waals surface area contributed by atoms with Crippen molar-refractivity contribution in [3.05, 3.63) is 65.2 Å². The van der Waals surface area contributed by atoms with Gasteiger partial charge in [-0.15, -0.1) is 0 Å². The van der Waals surface area contributed by atoms with Crippen molar-refractivity contribution in [1.82, 2.24) is 0 Å². The van der Waals surface area contributed by atoms with Gasteiger partial charge in [-0.3, -0.25) is 9.59 Å². The average molecular weight is 332 g/mol. The van der Waals surface area contributed by atoms with Crippen LogP contribution in [0.15, 0.2) is 48.6 Å². The van der Waals surface area contributed by atoms with E-state index in [0.717, 1.165) is 23.4 Å². The fraction of sp³-hybridized carbons (Fsp3) is 0.200. The maximum absolute atomic E-state index is 11.9. The number of aryl methyl sites for hydroxylation is 2. The molecule has 25 heavy (non-hydrogen) atoms. The molecule has 0 aromatic heterocycles. The SMILES string of the molecule is O=C1C=CC(=O)N1c1ccc2c(c1)CN(c1ccc3c(c1)CC3)CO2. The molecule has 3 aliphatic rings. The van der Waals surface area contributed by atoms with E-state index in [1.165, 1.54) is 34.6 Å². The maximum Gasteiger partial charge on any atom is 0.258 e. The third-order valence-electron chi connectivity index (χ3n) is 5.07. The number of imide groups is 1. The van der Waals surface area contributed by atoms with Crippen molar-refractivity contribution >= 4 is 23.2 Å². The van der Waals surface area contributed by atoms with Crippen LogP contribution < -0.4 is 14.5 Å². The van der Waals surface area contributed by atoms with E-state index in [4.69, 9.17) is 4.74 Å². The third-order valence-corrected chi connectivity index (χ3v) is 5.07. The number of amides is 2. The van der Waals surface area contributed by atoms with Crippen LogP contribution in [0.1, 0.15) is 16.7 Å². The number of ether oxygens (including phenoxy) is 1. The van der Waals surface area contributed by atoms with Gasteiger partial charge in [0.1, 0.15) is 5.75 Å². The molecule has 0 fully saturated rings. The van der Waals surface area contributed by atoms with Crippen LogP contribution in [-0.2, 0) is 29.0 Å². The van der Waals surface area contributed by atoms with Crippen molar-refractivity contribution in [3.63, 3.8) is 0 Å². The lowest BCUT2D eigenvalue weighted by Gasteiger charge is -2.32.